The van der Waals surface area contributed by atoms with Crippen LogP contribution in [0.1, 0.15) is 0 Å². The summed E-state index contributed by atoms with van der Waals surface area (Å²) < 4.78 is 3.36. The van der Waals surface area contributed by atoms with E-state index in [2.05, 4.69) is 102 Å². The van der Waals surface area contributed by atoms with E-state index in [1.807, 2.05) is 24.3 Å². The van der Waals surface area contributed by atoms with Crippen LogP contribution in [0.4, 0.5) is 0 Å². The molecular weight excluding hydrogens is 484 g/mol. The summed E-state index contributed by atoms with van der Waals surface area (Å²) in [6.45, 7) is 0. The smallest absolute Gasteiger partial charge is 0.235 e. The molecule has 5 heteroatoms. The molecule has 0 aliphatic heterocycles. The number of benzene rings is 5. The summed E-state index contributed by atoms with van der Waals surface area (Å²) in [5.74, 6) is 0.663. The van der Waals surface area contributed by atoms with Gasteiger partial charge in [0.05, 0.1) is 32.5 Å². The first-order chi connectivity index (χ1) is 18.8. The van der Waals surface area contributed by atoms with Gasteiger partial charge in [-0.1, -0.05) is 97.1 Å². The van der Waals surface area contributed by atoms with Crippen LogP contribution in [0, 0.1) is 0 Å². The maximum Gasteiger partial charge on any atom is 0.235 e. The van der Waals surface area contributed by atoms with Crippen molar-refractivity contribution in [3.63, 3.8) is 0 Å². The Labute approximate surface area is 222 Å². The van der Waals surface area contributed by atoms with Crippen molar-refractivity contribution in [3.8, 4) is 27.8 Å². The van der Waals surface area contributed by atoms with Gasteiger partial charge in [0, 0.05) is 27.3 Å². The fourth-order valence-electron chi connectivity index (χ4n) is 5.33. The SMILES string of the molecule is c1ccc(-c2nc3ccc4c5ccccc5n(-c5nc(-c6ccccc6)c6ccccc6n5)c4c3s2)cc1. The Bertz CT molecular complexity index is 2130. The van der Waals surface area contributed by atoms with E-state index < -0.39 is 0 Å². The van der Waals surface area contributed by atoms with Gasteiger partial charge in [0.25, 0.3) is 0 Å². The molecule has 5 aromatic carbocycles. The van der Waals surface area contributed by atoms with Gasteiger partial charge < -0.3 is 0 Å². The normalized spacial score (nSPS) is 11.7. The monoisotopic (exact) mass is 504 g/mol. The highest BCUT2D eigenvalue weighted by atomic mass is 32.1. The van der Waals surface area contributed by atoms with Crippen LogP contribution < -0.4 is 0 Å². The minimum atomic E-state index is 0.663. The number of hydrogen-bond acceptors (Lipinski definition) is 4. The third kappa shape index (κ3) is 3.19. The van der Waals surface area contributed by atoms with E-state index in [9.17, 15) is 0 Å². The van der Waals surface area contributed by atoms with E-state index >= 15 is 0 Å². The van der Waals surface area contributed by atoms with Crippen molar-refractivity contribution in [1.29, 1.82) is 0 Å². The van der Waals surface area contributed by atoms with E-state index in [4.69, 9.17) is 15.0 Å². The molecule has 0 unspecified atom stereocenters. The summed E-state index contributed by atoms with van der Waals surface area (Å²) in [5.41, 5.74) is 7.20. The second kappa shape index (κ2) is 8.33. The van der Waals surface area contributed by atoms with Gasteiger partial charge in [-0.05, 0) is 24.3 Å². The topological polar surface area (TPSA) is 43.6 Å². The molecule has 0 spiro atoms. The number of aromatic nitrogens is 4. The summed E-state index contributed by atoms with van der Waals surface area (Å²) in [5, 5.41) is 4.40. The molecular formula is C33H20N4S. The van der Waals surface area contributed by atoms with Gasteiger partial charge in [0.1, 0.15) is 5.01 Å². The Morgan fingerprint density at radius 1 is 0.500 bits per heavy atom. The fraction of sp³-hybridized carbons (Fsp3) is 0. The zero-order valence-electron chi connectivity index (χ0n) is 20.2. The van der Waals surface area contributed by atoms with E-state index in [1.54, 1.807) is 11.3 Å². The predicted molar refractivity (Wildman–Crippen MR) is 158 cm³/mol. The lowest BCUT2D eigenvalue weighted by Crippen LogP contribution is -2.03. The van der Waals surface area contributed by atoms with Crippen LogP contribution in [0.5, 0.6) is 0 Å². The number of thiazole rings is 1. The zero-order chi connectivity index (χ0) is 25.1. The molecule has 0 N–H and O–H groups in total. The summed E-state index contributed by atoms with van der Waals surface area (Å²) in [6.07, 6.45) is 0. The molecule has 0 aliphatic rings. The standard InChI is InChI=1S/C33H20N4S/c1-3-11-21(12-4-1)29-25-16-7-9-17-26(25)35-33(36-29)37-28-18-10-8-15-23(28)24-19-20-27-31(30(24)37)38-32(34-27)22-13-5-2-6-14-22/h1-20H. The molecule has 0 bridgehead atoms. The van der Waals surface area contributed by atoms with Crippen LogP contribution in [0.15, 0.2) is 121 Å². The number of para-hydroxylation sites is 2. The maximum atomic E-state index is 5.22. The van der Waals surface area contributed by atoms with Crippen LogP contribution in [0.25, 0.3) is 70.7 Å². The minimum Gasteiger partial charge on any atom is -0.276 e. The van der Waals surface area contributed by atoms with Gasteiger partial charge in [-0.3, -0.25) is 4.57 Å². The second-order valence-corrected chi connectivity index (χ2v) is 10.3. The van der Waals surface area contributed by atoms with Crippen molar-refractivity contribution in [3.05, 3.63) is 121 Å². The van der Waals surface area contributed by atoms with Crippen LogP contribution in [0.3, 0.4) is 0 Å². The summed E-state index contributed by atoms with van der Waals surface area (Å²) >= 11 is 1.72. The molecule has 0 amide bonds. The van der Waals surface area contributed by atoms with Gasteiger partial charge in [-0.2, -0.15) is 0 Å². The number of hydrogen-bond donors (Lipinski definition) is 0. The number of fused-ring (bicyclic) bond motifs is 6. The summed E-state index contributed by atoms with van der Waals surface area (Å²) in [7, 11) is 0. The van der Waals surface area contributed by atoms with Gasteiger partial charge in [-0.15, -0.1) is 11.3 Å². The lowest BCUT2D eigenvalue weighted by atomic mass is 10.1. The molecule has 0 saturated carbocycles. The molecule has 3 heterocycles. The quantitative estimate of drug-likeness (QED) is 0.242. The molecule has 8 rings (SSSR count). The lowest BCUT2D eigenvalue weighted by molar-refractivity contribution is 1.02. The van der Waals surface area contributed by atoms with Gasteiger partial charge in [-0.25, -0.2) is 15.0 Å². The average molecular weight is 505 g/mol. The highest BCUT2D eigenvalue weighted by Crippen LogP contribution is 2.40. The molecule has 4 nitrogen and oxygen atoms in total. The molecule has 3 aromatic heterocycles. The highest BCUT2D eigenvalue weighted by Gasteiger charge is 2.20. The Hall–Kier alpha value is -4.87. The molecule has 0 aliphatic carbocycles. The third-order valence-corrected chi connectivity index (χ3v) is 8.18. The van der Waals surface area contributed by atoms with Crippen molar-refractivity contribution in [2.24, 2.45) is 0 Å². The predicted octanol–water partition coefficient (Wildman–Crippen LogP) is 8.67. The van der Waals surface area contributed by atoms with Gasteiger partial charge in [0.15, 0.2) is 0 Å². The van der Waals surface area contributed by atoms with Crippen molar-refractivity contribution in [1.82, 2.24) is 19.5 Å². The molecule has 8 aromatic rings. The van der Waals surface area contributed by atoms with Crippen LogP contribution in [-0.4, -0.2) is 19.5 Å². The van der Waals surface area contributed by atoms with Crippen LogP contribution >= 0.6 is 11.3 Å². The van der Waals surface area contributed by atoms with E-state index in [0.29, 0.717) is 5.95 Å². The maximum absolute atomic E-state index is 5.22. The van der Waals surface area contributed by atoms with E-state index in [0.717, 1.165) is 54.0 Å². The van der Waals surface area contributed by atoms with Gasteiger partial charge >= 0.3 is 0 Å². The Kier molecular flexibility index (Phi) is 4.66. The molecule has 0 radical (unpaired) electrons. The van der Waals surface area contributed by atoms with Crippen LogP contribution in [0.2, 0.25) is 0 Å². The second-order valence-electron chi connectivity index (χ2n) is 9.30. The third-order valence-electron chi connectivity index (χ3n) is 7.05. The van der Waals surface area contributed by atoms with Crippen molar-refractivity contribution in [2.75, 3.05) is 0 Å². The van der Waals surface area contributed by atoms with Gasteiger partial charge in [0.2, 0.25) is 5.95 Å². The first-order valence-corrected chi connectivity index (χ1v) is 13.4. The average Bonchev–Trinajstić information content (AvgIpc) is 3.57. The molecule has 38 heavy (non-hydrogen) atoms. The van der Waals surface area contributed by atoms with Crippen molar-refractivity contribution >= 4 is 54.3 Å². The molecule has 0 atom stereocenters. The van der Waals surface area contributed by atoms with Crippen molar-refractivity contribution < 1.29 is 0 Å². The Morgan fingerprint density at radius 2 is 1.18 bits per heavy atom. The first kappa shape index (κ1) is 21.2. The minimum absolute atomic E-state index is 0.663. The fourth-order valence-corrected chi connectivity index (χ4v) is 6.43. The van der Waals surface area contributed by atoms with E-state index in [-0.39, 0.29) is 0 Å². The molecule has 0 fully saturated rings. The highest BCUT2D eigenvalue weighted by molar-refractivity contribution is 7.22. The molecule has 178 valence electrons. The largest absolute Gasteiger partial charge is 0.276 e. The number of rotatable bonds is 3. The number of nitrogens with zero attached hydrogens (tertiary/aromatic N) is 4. The zero-order valence-corrected chi connectivity index (χ0v) is 21.1. The summed E-state index contributed by atoms with van der Waals surface area (Å²) in [4.78, 5) is 15.4. The van der Waals surface area contributed by atoms with Crippen LogP contribution in [-0.2, 0) is 0 Å². The summed E-state index contributed by atoms with van der Waals surface area (Å²) in [6, 6.07) is 41.8. The molecule has 0 saturated heterocycles. The van der Waals surface area contributed by atoms with Crippen molar-refractivity contribution in [2.45, 2.75) is 0 Å². The lowest BCUT2D eigenvalue weighted by Gasteiger charge is -2.11. The Morgan fingerprint density at radius 3 is 2.00 bits per heavy atom. The van der Waals surface area contributed by atoms with E-state index in [1.165, 1.54) is 10.8 Å². The Balaban J connectivity index is 1.50. The first-order valence-electron chi connectivity index (χ1n) is 12.6.